The summed E-state index contributed by atoms with van der Waals surface area (Å²) in [6.45, 7) is 1.18. The van der Waals surface area contributed by atoms with Crippen LogP contribution in [0.4, 0.5) is 0 Å². The van der Waals surface area contributed by atoms with Crippen LogP contribution in [0.3, 0.4) is 0 Å². The van der Waals surface area contributed by atoms with E-state index in [0.29, 0.717) is 30.0 Å². The van der Waals surface area contributed by atoms with Crippen molar-refractivity contribution in [2.45, 2.75) is 37.6 Å². The number of hydrogen-bond acceptors (Lipinski definition) is 4. The molecule has 0 radical (unpaired) electrons. The number of carbonyl (C=O) groups is 1. The molecule has 1 N–H and O–H groups in total. The third kappa shape index (κ3) is 3.92. The predicted molar refractivity (Wildman–Crippen MR) is 108 cm³/mol. The summed E-state index contributed by atoms with van der Waals surface area (Å²) in [5.74, 6) is 2.31. The minimum Gasteiger partial charge on any atom is -0.433 e. The van der Waals surface area contributed by atoms with Crippen molar-refractivity contribution in [2.75, 3.05) is 6.54 Å². The number of carbonyl (C=O) groups excluding carboxylic acids is 1. The van der Waals surface area contributed by atoms with Crippen molar-refractivity contribution in [1.29, 1.82) is 0 Å². The van der Waals surface area contributed by atoms with Crippen LogP contribution in [-0.2, 0) is 6.42 Å². The molecule has 0 bridgehead atoms. The molecular formula is C24H24N2O2. The van der Waals surface area contributed by atoms with Crippen LogP contribution in [0.25, 0.3) is 11.5 Å². The summed E-state index contributed by atoms with van der Waals surface area (Å²) in [4.78, 5) is 16.8. The molecule has 2 unspecified atom stereocenters. The zero-order chi connectivity index (χ0) is 18.9. The number of aromatic nitrogens is 1. The van der Waals surface area contributed by atoms with E-state index >= 15 is 0 Å². The maximum absolute atomic E-state index is 12.6. The monoisotopic (exact) mass is 372 g/mol. The minimum atomic E-state index is -0.0437. The van der Waals surface area contributed by atoms with Crippen LogP contribution < -0.4 is 5.32 Å². The highest BCUT2D eigenvalue weighted by molar-refractivity contribution is 5.95. The molecule has 1 aromatic heterocycles. The molecule has 1 heterocycles. The van der Waals surface area contributed by atoms with Gasteiger partial charge in [-0.2, -0.15) is 0 Å². The van der Waals surface area contributed by atoms with E-state index in [1.807, 2.05) is 30.3 Å². The Morgan fingerprint density at radius 1 is 1.07 bits per heavy atom. The second-order valence-corrected chi connectivity index (χ2v) is 8.04. The van der Waals surface area contributed by atoms with E-state index in [-0.39, 0.29) is 5.78 Å². The number of rotatable bonds is 8. The summed E-state index contributed by atoms with van der Waals surface area (Å²) in [5, 5.41) is 3.68. The number of nitrogens with one attached hydrogen (secondary N) is 1. The smallest absolute Gasteiger partial charge is 0.226 e. The number of nitrogens with zero attached hydrogens (tertiary/aromatic N) is 1. The SMILES string of the molecule is O=C(Cc1ccc(C2CC2NCC2CC2)cc1)c1cnc(-c2ccccc2)o1. The Hall–Kier alpha value is -2.72. The van der Waals surface area contributed by atoms with E-state index < -0.39 is 0 Å². The topological polar surface area (TPSA) is 55.1 Å². The lowest BCUT2D eigenvalue weighted by molar-refractivity contribution is 0.0967. The van der Waals surface area contributed by atoms with Gasteiger partial charge in [0.15, 0.2) is 5.76 Å². The van der Waals surface area contributed by atoms with Gasteiger partial charge in [0, 0.05) is 23.9 Å². The molecule has 0 aliphatic heterocycles. The highest BCUT2D eigenvalue weighted by Gasteiger charge is 2.38. The van der Waals surface area contributed by atoms with Gasteiger partial charge in [-0.1, -0.05) is 42.5 Å². The van der Waals surface area contributed by atoms with Crippen molar-refractivity contribution >= 4 is 5.78 Å². The van der Waals surface area contributed by atoms with Crippen molar-refractivity contribution in [3.05, 3.63) is 77.7 Å². The first-order chi connectivity index (χ1) is 13.8. The van der Waals surface area contributed by atoms with Crippen molar-refractivity contribution < 1.29 is 9.21 Å². The Labute approximate surface area is 165 Å². The van der Waals surface area contributed by atoms with Gasteiger partial charge < -0.3 is 9.73 Å². The third-order valence-electron chi connectivity index (χ3n) is 5.73. The van der Waals surface area contributed by atoms with Gasteiger partial charge in [-0.25, -0.2) is 4.98 Å². The second kappa shape index (κ2) is 7.36. The van der Waals surface area contributed by atoms with Gasteiger partial charge in [-0.3, -0.25) is 4.79 Å². The molecule has 142 valence electrons. The fourth-order valence-corrected chi connectivity index (χ4v) is 3.70. The highest BCUT2D eigenvalue weighted by Crippen LogP contribution is 2.41. The van der Waals surface area contributed by atoms with Crippen LogP contribution in [0.15, 0.2) is 65.2 Å². The number of benzene rings is 2. The van der Waals surface area contributed by atoms with E-state index in [9.17, 15) is 4.79 Å². The Kier molecular flexibility index (Phi) is 4.57. The average Bonchev–Trinajstić information content (AvgIpc) is 3.65. The van der Waals surface area contributed by atoms with Crippen LogP contribution in [0, 0.1) is 5.92 Å². The van der Waals surface area contributed by atoms with Gasteiger partial charge >= 0.3 is 0 Å². The predicted octanol–water partition coefficient (Wildman–Crippen LogP) is 4.62. The molecule has 2 saturated carbocycles. The van der Waals surface area contributed by atoms with Crippen LogP contribution in [0.1, 0.15) is 46.9 Å². The lowest BCUT2D eigenvalue weighted by atomic mass is 10.0. The molecule has 2 fully saturated rings. The molecule has 4 heteroatoms. The van der Waals surface area contributed by atoms with Crippen LogP contribution >= 0.6 is 0 Å². The Morgan fingerprint density at radius 3 is 2.61 bits per heavy atom. The quantitative estimate of drug-likeness (QED) is 0.586. The van der Waals surface area contributed by atoms with E-state index in [0.717, 1.165) is 17.0 Å². The highest BCUT2D eigenvalue weighted by atomic mass is 16.4. The Bertz CT molecular complexity index is 958. The molecule has 0 amide bonds. The van der Waals surface area contributed by atoms with Crippen molar-refractivity contribution in [3.8, 4) is 11.5 Å². The van der Waals surface area contributed by atoms with Gasteiger partial charge in [-0.15, -0.1) is 0 Å². The summed E-state index contributed by atoms with van der Waals surface area (Å²) in [6, 6.07) is 18.7. The normalized spacial score (nSPS) is 20.9. The van der Waals surface area contributed by atoms with Gasteiger partial charge in [0.25, 0.3) is 0 Å². The number of oxazole rings is 1. The van der Waals surface area contributed by atoms with E-state index in [4.69, 9.17) is 4.42 Å². The van der Waals surface area contributed by atoms with E-state index in [1.165, 1.54) is 37.6 Å². The summed E-state index contributed by atoms with van der Waals surface area (Å²) >= 11 is 0. The molecule has 0 saturated heterocycles. The molecule has 5 rings (SSSR count). The zero-order valence-electron chi connectivity index (χ0n) is 15.8. The molecule has 28 heavy (non-hydrogen) atoms. The first kappa shape index (κ1) is 17.4. The fraction of sp³-hybridized carbons (Fsp3) is 0.333. The molecule has 2 atom stereocenters. The number of ketones is 1. The van der Waals surface area contributed by atoms with E-state index in [1.54, 1.807) is 0 Å². The summed E-state index contributed by atoms with van der Waals surface area (Å²) < 4.78 is 5.67. The minimum absolute atomic E-state index is 0.0437. The second-order valence-electron chi connectivity index (χ2n) is 8.04. The van der Waals surface area contributed by atoms with Crippen molar-refractivity contribution in [3.63, 3.8) is 0 Å². The first-order valence-corrected chi connectivity index (χ1v) is 10.1. The number of Topliss-reactive ketones (excluding diaryl/α,β-unsaturated/α-hetero) is 1. The zero-order valence-corrected chi connectivity index (χ0v) is 15.8. The summed E-state index contributed by atoms with van der Waals surface area (Å²) in [6.07, 6.45) is 5.87. The summed E-state index contributed by atoms with van der Waals surface area (Å²) in [5.41, 5.74) is 3.25. The Balaban J connectivity index is 1.18. The van der Waals surface area contributed by atoms with Gasteiger partial charge in [0.05, 0.1) is 6.20 Å². The van der Waals surface area contributed by atoms with Crippen LogP contribution in [0.5, 0.6) is 0 Å². The molecule has 2 aliphatic carbocycles. The van der Waals surface area contributed by atoms with Crippen molar-refractivity contribution in [1.82, 2.24) is 10.3 Å². The van der Waals surface area contributed by atoms with Gasteiger partial charge in [0.1, 0.15) is 0 Å². The maximum Gasteiger partial charge on any atom is 0.226 e. The van der Waals surface area contributed by atoms with Crippen LogP contribution in [0.2, 0.25) is 0 Å². The van der Waals surface area contributed by atoms with Crippen LogP contribution in [-0.4, -0.2) is 23.4 Å². The lowest BCUT2D eigenvalue weighted by Gasteiger charge is -2.05. The van der Waals surface area contributed by atoms with E-state index in [2.05, 4.69) is 34.6 Å². The molecule has 3 aromatic rings. The molecule has 2 aromatic carbocycles. The third-order valence-corrected chi connectivity index (χ3v) is 5.73. The molecular weight excluding hydrogens is 348 g/mol. The molecule has 4 nitrogen and oxygen atoms in total. The largest absolute Gasteiger partial charge is 0.433 e. The lowest BCUT2D eigenvalue weighted by Crippen LogP contribution is -2.20. The molecule has 2 aliphatic rings. The van der Waals surface area contributed by atoms with Gasteiger partial charge in [0.2, 0.25) is 11.7 Å². The average molecular weight is 372 g/mol. The van der Waals surface area contributed by atoms with Crippen molar-refractivity contribution in [2.24, 2.45) is 5.92 Å². The maximum atomic E-state index is 12.6. The summed E-state index contributed by atoms with van der Waals surface area (Å²) in [7, 11) is 0. The van der Waals surface area contributed by atoms with Gasteiger partial charge in [-0.05, 0) is 55.0 Å². The first-order valence-electron chi connectivity index (χ1n) is 10.1. The fourth-order valence-electron chi connectivity index (χ4n) is 3.70. The molecule has 0 spiro atoms. The standard InChI is InChI=1S/C24H24N2O2/c27-22(23-15-26-24(28-23)19-4-2-1-3-5-19)12-16-8-10-18(11-9-16)20-13-21(20)25-14-17-6-7-17/h1-5,8-11,15,17,20-21,25H,6-7,12-14H2. The Morgan fingerprint density at radius 2 is 1.86 bits per heavy atom. The number of hydrogen-bond donors (Lipinski definition) is 1.